The molecule has 0 bridgehead atoms. The molecule has 5 nitrogen and oxygen atoms in total. The predicted octanol–water partition coefficient (Wildman–Crippen LogP) is 2.53. The molecule has 1 aromatic rings. The van der Waals surface area contributed by atoms with Crippen LogP contribution in [-0.2, 0) is 4.79 Å². The lowest BCUT2D eigenvalue weighted by atomic mass is 10.0. The van der Waals surface area contributed by atoms with Gasteiger partial charge in [-0.25, -0.2) is 0 Å². The molecule has 102 valence electrons. The Kier molecular flexibility index (Phi) is 3.54. The first-order valence-corrected chi connectivity index (χ1v) is 6.76. The average Bonchev–Trinajstić information content (AvgIpc) is 3.13. The molecule has 1 aromatic carbocycles. The first kappa shape index (κ1) is 13.9. The number of hydrogen-bond acceptors (Lipinski definition) is 3. The normalized spacial score (nSPS) is 17.1. The minimum Gasteiger partial charge on any atom is -0.409 e. The number of carbonyl (C=O) groups is 1. The van der Waals surface area contributed by atoms with Crippen LogP contribution in [0.5, 0.6) is 0 Å². The van der Waals surface area contributed by atoms with Crippen LogP contribution >= 0.6 is 15.9 Å². The van der Waals surface area contributed by atoms with Crippen molar-refractivity contribution < 1.29 is 10.0 Å². The molecule has 0 saturated heterocycles. The molecule has 0 atom stereocenters. The van der Waals surface area contributed by atoms with E-state index in [1.165, 1.54) is 0 Å². The summed E-state index contributed by atoms with van der Waals surface area (Å²) in [5, 5.41) is 14.6. The minimum atomic E-state index is -0.842. The van der Waals surface area contributed by atoms with Gasteiger partial charge in [-0.15, -0.1) is 0 Å². The third-order valence-electron chi connectivity index (χ3n) is 3.45. The Balaban J connectivity index is 2.26. The second kappa shape index (κ2) is 4.85. The highest BCUT2D eigenvalue weighted by Gasteiger charge is 2.54. The van der Waals surface area contributed by atoms with Crippen LogP contribution in [0.25, 0.3) is 0 Å². The number of amides is 1. The maximum absolute atomic E-state index is 12.3. The minimum absolute atomic E-state index is 0.0223. The third-order valence-corrected chi connectivity index (χ3v) is 4.08. The average molecular weight is 326 g/mol. The van der Waals surface area contributed by atoms with Crippen LogP contribution in [0.15, 0.2) is 21.8 Å². The van der Waals surface area contributed by atoms with Crippen molar-refractivity contribution in [3.8, 4) is 0 Å². The monoisotopic (exact) mass is 325 g/mol. The van der Waals surface area contributed by atoms with E-state index in [1.807, 2.05) is 26.0 Å². The number of amidine groups is 1. The number of nitrogens with one attached hydrogen (secondary N) is 1. The summed E-state index contributed by atoms with van der Waals surface area (Å²) in [4.78, 5) is 12.3. The van der Waals surface area contributed by atoms with Crippen LogP contribution in [-0.4, -0.2) is 17.0 Å². The first-order valence-electron chi connectivity index (χ1n) is 5.97. The van der Waals surface area contributed by atoms with Crippen molar-refractivity contribution in [1.82, 2.24) is 0 Å². The van der Waals surface area contributed by atoms with Crippen molar-refractivity contribution in [2.24, 2.45) is 16.3 Å². The van der Waals surface area contributed by atoms with E-state index in [-0.39, 0.29) is 11.7 Å². The maximum atomic E-state index is 12.3. The van der Waals surface area contributed by atoms with E-state index in [4.69, 9.17) is 10.9 Å². The standard InChI is InChI=1S/C13H16BrN3O2/c1-7-5-8(2)10(9(14)6-7)16-12(18)13(3-4-13)11(15)17-19/h5-6,19H,3-4H2,1-2H3,(H2,15,17)(H,16,18). The fourth-order valence-electron chi connectivity index (χ4n) is 2.13. The molecular weight excluding hydrogens is 310 g/mol. The molecule has 4 N–H and O–H groups in total. The van der Waals surface area contributed by atoms with Crippen molar-refractivity contribution in [2.45, 2.75) is 26.7 Å². The summed E-state index contributed by atoms with van der Waals surface area (Å²) in [5.41, 5.74) is 7.56. The van der Waals surface area contributed by atoms with E-state index in [2.05, 4.69) is 26.4 Å². The molecule has 0 radical (unpaired) electrons. The third kappa shape index (κ3) is 2.45. The zero-order chi connectivity index (χ0) is 14.2. The summed E-state index contributed by atoms with van der Waals surface area (Å²) >= 11 is 3.44. The van der Waals surface area contributed by atoms with Crippen LogP contribution < -0.4 is 11.1 Å². The smallest absolute Gasteiger partial charge is 0.238 e. The predicted molar refractivity (Wildman–Crippen MR) is 77.3 cm³/mol. The Hall–Kier alpha value is -1.56. The van der Waals surface area contributed by atoms with Crippen molar-refractivity contribution in [1.29, 1.82) is 0 Å². The van der Waals surface area contributed by atoms with E-state index >= 15 is 0 Å². The summed E-state index contributed by atoms with van der Waals surface area (Å²) in [5.74, 6) is -0.249. The van der Waals surface area contributed by atoms with Gasteiger partial charge in [0.1, 0.15) is 5.41 Å². The van der Waals surface area contributed by atoms with E-state index in [9.17, 15) is 4.79 Å². The van der Waals surface area contributed by atoms with E-state index in [0.717, 1.165) is 21.3 Å². The van der Waals surface area contributed by atoms with Gasteiger partial charge in [0.25, 0.3) is 0 Å². The Labute approximate surface area is 120 Å². The summed E-state index contributed by atoms with van der Waals surface area (Å²) in [7, 11) is 0. The number of anilines is 1. The molecule has 19 heavy (non-hydrogen) atoms. The van der Waals surface area contributed by atoms with Crippen molar-refractivity contribution in [3.63, 3.8) is 0 Å². The Morgan fingerprint density at radius 3 is 2.58 bits per heavy atom. The molecule has 0 unspecified atom stereocenters. The number of carbonyl (C=O) groups excluding carboxylic acids is 1. The number of benzene rings is 1. The zero-order valence-electron chi connectivity index (χ0n) is 10.8. The fraction of sp³-hybridized carbons (Fsp3) is 0.385. The van der Waals surface area contributed by atoms with Crippen LogP contribution in [0.4, 0.5) is 5.69 Å². The van der Waals surface area contributed by atoms with Gasteiger partial charge in [0.05, 0.1) is 5.69 Å². The molecule has 1 aliphatic carbocycles. The maximum Gasteiger partial charge on any atom is 0.238 e. The summed E-state index contributed by atoms with van der Waals surface area (Å²) < 4.78 is 0.827. The van der Waals surface area contributed by atoms with Gasteiger partial charge < -0.3 is 16.3 Å². The molecule has 0 aliphatic heterocycles. The molecular formula is C13H16BrN3O2. The second-order valence-corrected chi connectivity index (χ2v) is 5.81. The summed E-state index contributed by atoms with van der Waals surface area (Å²) in [6, 6.07) is 3.93. The SMILES string of the molecule is Cc1cc(C)c(NC(=O)C2(/C(N)=N/O)CC2)c(Br)c1. The molecule has 0 aromatic heterocycles. The van der Waals surface area contributed by atoms with Gasteiger partial charge in [-0.3, -0.25) is 4.79 Å². The molecule has 6 heteroatoms. The lowest BCUT2D eigenvalue weighted by Gasteiger charge is -2.16. The van der Waals surface area contributed by atoms with Gasteiger partial charge in [-0.1, -0.05) is 11.2 Å². The van der Waals surface area contributed by atoms with E-state index in [1.54, 1.807) is 0 Å². The highest BCUT2D eigenvalue weighted by Crippen LogP contribution is 2.47. The number of hydrogen-bond donors (Lipinski definition) is 3. The van der Waals surface area contributed by atoms with Crippen LogP contribution in [0.1, 0.15) is 24.0 Å². The molecule has 1 fully saturated rings. The van der Waals surface area contributed by atoms with Gasteiger partial charge in [0.15, 0.2) is 5.84 Å². The number of rotatable bonds is 3. The fourth-order valence-corrected chi connectivity index (χ4v) is 2.90. The number of aryl methyl sites for hydroxylation is 2. The van der Waals surface area contributed by atoms with Crippen LogP contribution in [0, 0.1) is 19.3 Å². The summed E-state index contributed by atoms with van der Waals surface area (Å²) in [6.45, 7) is 3.92. The number of oxime groups is 1. The van der Waals surface area contributed by atoms with Gasteiger partial charge in [-0.05, 0) is 59.8 Å². The highest BCUT2D eigenvalue weighted by atomic mass is 79.9. The van der Waals surface area contributed by atoms with Crippen molar-refractivity contribution in [2.75, 3.05) is 5.32 Å². The van der Waals surface area contributed by atoms with E-state index in [0.29, 0.717) is 12.8 Å². The molecule has 1 saturated carbocycles. The Morgan fingerprint density at radius 2 is 2.11 bits per heavy atom. The topological polar surface area (TPSA) is 87.7 Å². The molecule has 0 spiro atoms. The van der Waals surface area contributed by atoms with Gasteiger partial charge in [-0.2, -0.15) is 0 Å². The molecule has 1 amide bonds. The zero-order valence-corrected chi connectivity index (χ0v) is 12.4. The lowest BCUT2D eigenvalue weighted by molar-refractivity contribution is -0.119. The number of nitrogens with two attached hydrogens (primary N) is 1. The Bertz CT molecular complexity index is 542. The summed E-state index contributed by atoms with van der Waals surface area (Å²) in [6.07, 6.45) is 1.22. The molecule has 0 heterocycles. The van der Waals surface area contributed by atoms with Crippen LogP contribution in [0.3, 0.4) is 0 Å². The van der Waals surface area contributed by atoms with Gasteiger partial charge in [0, 0.05) is 4.47 Å². The first-order chi connectivity index (χ1) is 8.90. The number of nitrogens with zero attached hydrogens (tertiary/aromatic N) is 1. The van der Waals surface area contributed by atoms with Gasteiger partial charge in [0.2, 0.25) is 5.91 Å². The quantitative estimate of drug-likeness (QED) is 0.345. The molecule has 2 rings (SSSR count). The Morgan fingerprint density at radius 1 is 1.47 bits per heavy atom. The largest absolute Gasteiger partial charge is 0.409 e. The lowest BCUT2D eigenvalue weighted by Crippen LogP contribution is -2.36. The molecule has 1 aliphatic rings. The van der Waals surface area contributed by atoms with Crippen molar-refractivity contribution >= 4 is 33.4 Å². The van der Waals surface area contributed by atoms with E-state index < -0.39 is 5.41 Å². The highest BCUT2D eigenvalue weighted by molar-refractivity contribution is 9.10. The second-order valence-electron chi connectivity index (χ2n) is 4.96. The number of halogens is 1. The van der Waals surface area contributed by atoms with Crippen molar-refractivity contribution in [3.05, 3.63) is 27.7 Å². The van der Waals surface area contributed by atoms with Gasteiger partial charge >= 0.3 is 0 Å². The van der Waals surface area contributed by atoms with Crippen LogP contribution in [0.2, 0.25) is 0 Å².